The van der Waals surface area contributed by atoms with Gasteiger partial charge in [-0.15, -0.1) is 0 Å². The quantitative estimate of drug-likeness (QED) is 0.0222. The number of hydrogen-bond acceptors (Lipinski definition) is 15. The minimum absolute atomic E-state index is 0.105. The second-order valence-corrected chi connectivity index (χ2v) is 30.2. The lowest BCUT2D eigenvalue weighted by Crippen LogP contribution is -2.30. The smallest absolute Gasteiger partial charge is 0.462 e. The van der Waals surface area contributed by atoms with Gasteiger partial charge in [0.25, 0.3) is 0 Å². The highest BCUT2D eigenvalue weighted by Crippen LogP contribution is 2.45. The predicted molar refractivity (Wildman–Crippen MR) is 372 cm³/mol. The summed E-state index contributed by atoms with van der Waals surface area (Å²) in [4.78, 5) is 72.6. The van der Waals surface area contributed by atoms with E-state index in [1.807, 2.05) is 0 Å². The van der Waals surface area contributed by atoms with Crippen LogP contribution < -0.4 is 0 Å². The lowest BCUT2D eigenvalue weighted by Gasteiger charge is -2.21. The summed E-state index contributed by atoms with van der Waals surface area (Å²) in [6.07, 6.45) is 51.4. The molecule has 92 heavy (non-hydrogen) atoms. The maximum absolute atomic E-state index is 13.1. The van der Waals surface area contributed by atoms with E-state index in [9.17, 15) is 43.2 Å². The maximum Gasteiger partial charge on any atom is 0.472 e. The van der Waals surface area contributed by atoms with Crippen molar-refractivity contribution >= 4 is 39.5 Å². The number of rotatable bonds is 72. The molecule has 0 spiro atoms. The third-order valence-electron chi connectivity index (χ3n) is 17.0. The number of unbranched alkanes of at least 4 members (excludes halogenated alkanes) is 42. The molecule has 0 aromatic rings. The van der Waals surface area contributed by atoms with Gasteiger partial charge >= 0.3 is 39.5 Å². The van der Waals surface area contributed by atoms with Gasteiger partial charge in [0.1, 0.15) is 19.3 Å². The van der Waals surface area contributed by atoms with E-state index in [1.54, 1.807) is 0 Å². The van der Waals surface area contributed by atoms with Crippen LogP contribution in [0.1, 0.15) is 375 Å². The summed E-state index contributed by atoms with van der Waals surface area (Å²) in [6.45, 7) is 9.55. The first-order valence-corrected chi connectivity index (χ1v) is 41.0. The molecule has 0 aromatic carbocycles. The van der Waals surface area contributed by atoms with Crippen LogP contribution in [-0.2, 0) is 65.4 Å². The fraction of sp³-hybridized carbons (Fsp3) is 0.945. The Balaban J connectivity index is 5.20. The highest BCUT2D eigenvalue weighted by molar-refractivity contribution is 7.47. The molecule has 0 bridgehead atoms. The van der Waals surface area contributed by atoms with Crippen molar-refractivity contribution in [2.45, 2.75) is 394 Å². The molecular weight excluding hydrogens is 1210 g/mol. The lowest BCUT2D eigenvalue weighted by molar-refractivity contribution is -0.161. The van der Waals surface area contributed by atoms with E-state index < -0.39 is 97.5 Å². The molecule has 3 N–H and O–H groups in total. The number of phosphoric acid groups is 2. The van der Waals surface area contributed by atoms with Crippen molar-refractivity contribution in [1.29, 1.82) is 0 Å². The number of aliphatic hydroxyl groups excluding tert-OH is 1. The minimum Gasteiger partial charge on any atom is -0.462 e. The van der Waals surface area contributed by atoms with Crippen molar-refractivity contribution in [3.05, 3.63) is 0 Å². The highest BCUT2D eigenvalue weighted by Gasteiger charge is 2.30. The van der Waals surface area contributed by atoms with Crippen molar-refractivity contribution in [3.8, 4) is 0 Å². The third kappa shape index (κ3) is 66.7. The van der Waals surface area contributed by atoms with E-state index in [4.69, 9.17) is 37.0 Å². The van der Waals surface area contributed by atoms with Crippen molar-refractivity contribution in [1.82, 2.24) is 0 Å². The van der Waals surface area contributed by atoms with Crippen LogP contribution in [0.15, 0.2) is 0 Å². The van der Waals surface area contributed by atoms with Crippen LogP contribution in [-0.4, -0.2) is 96.7 Å². The summed E-state index contributed by atoms with van der Waals surface area (Å²) in [5, 5.41) is 10.6. The molecule has 5 atom stereocenters. The molecule has 0 aromatic heterocycles. The Labute approximate surface area is 562 Å². The Morgan fingerprint density at radius 2 is 0.500 bits per heavy atom. The second-order valence-electron chi connectivity index (χ2n) is 27.3. The number of carbonyl (C=O) groups is 4. The van der Waals surface area contributed by atoms with E-state index in [0.717, 1.165) is 108 Å². The molecule has 0 rings (SSSR count). The fourth-order valence-electron chi connectivity index (χ4n) is 11.1. The summed E-state index contributed by atoms with van der Waals surface area (Å²) in [7, 11) is -9.90. The molecule has 546 valence electrons. The first kappa shape index (κ1) is 90.1. The van der Waals surface area contributed by atoms with Gasteiger partial charge in [-0.25, -0.2) is 9.13 Å². The molecule has 0 heterocycles. The van der Waals surface area contributed by atoms with Crippen LogP contribution >= 0.6 is 15.6 Å². The lowest BCUT2D eigenvalue weighted by atomic mass is 10.0. The molecule has 0 saturated heterocycles. The largest absolute Gasteiger partial charge is 0.472 e. The molecule has 0 aliphatic heterocycles. The van der Waals surface area contributed by atoms with Gasteiger partial charge in [-0.1, -0.05) is 324 Å². The first-order valence-electron chi connectivity index (χ1n) is 38.0. The summed E-state index contributed by atoms with van der Waals surface area (Å²) in [6, 6.07) is 0. The molecule has 0 saturated carbocycles. The average Bonchev–Trinajstić information content (AvgIpc) is 1.78. The Morgan fingerprint density at radius 3 is 0.739 bits per heavy atom. The van der Waals surface area contributed by atoms with Crippen molar-refractivity contribution in [3.63, 3.8) is 0 Å². The number of phosphoric ester groups is 2. The van der Waals surface area contributed by atoms with Crippen LogP contribution in [0.5, 0.6) is 0 Å². The Morgan fingerprint density at radius 1 is 0.293 bits per heavy atom. The van der Waals surface area contributed by atoms with E-state index in [2.05, 4.69) is 41.5 Å². The Bertz CT molecular complexity index is 1790. The van der Waals surface area contributed by atoms with Crippen LogP contribution in [0.4, 0.5) is 0 Å². The molecule has 0 aliphatic rings. The first-order chi connectivity index (χ1) is 44.4. The minimum atomic E-state index is -4.95. The van der Waals surface area contributed by atoms with Crippen molar-refractivity contribution < 1.29 is 80.2 Å². The van der Waals surface area contributed by atoms with Gasteiger partial charge in [0, 0.05) is 25.7 Å². The summed E-state index contributed by atoms with van der Waals surface area (Å²) < 4.78 is 68.3. The SMILES string of the molecule is CCCCCCCCCCCCCCCC(=O)OC[C@H](COP(=O)(O)OC[C@@H](O)COP(=O)(O)OC[C@@H](COC(=O)CCCCCCCCCC)OC(=O)CCCCCCCCCCCC(C)C)OC(=O)CCCCCCCCCCCCCCCCCCC(C)C. The number of carbonyl (C=O) groups excluding carboxylic acids is 4. The molecule has 19 heteroatoms. The number of ether oxygens (including phenoxy) is 4. The van der Waals surface area contributed by atoms with Crippen LogP contribution in [0.3, 0.4) is 0 Å². The van der Waals surface area contributed by atoms with E-state index in [1.165, 1.54) is 186 Å². The summed E-state index contributed by atoms with van der Waals surface area (Å²) in [5.74, 6) is -0.576. The molecule has 0 fully saturated rings. The van der Waals surface area contributed by atoms with Gasteiger partial charge in [-0.2, -0.15) is 0 Å². The summed E-state index contributed by atoms with van der Waals surface area (Å²) >= 11 is 0. The van der Waals surface area contributed by atoms with Gasteiger partial charge in [0.2, 0.25) is 0 Å². The zero-order valence-corrected chi connectivity index (χ0v) is 61.6. The zero-order chi connectivity index (χ0) is 67.9. The third-order valence-corrected chi connectivity index (χ3v) is 18.9. The van der Waals surface area contributed by atoms with Gasteiger partial charge in [-0.3, -0.25) is 37.3 Å². The Hall–Kier alpha value is -1.94. The van der Waals surface area contributed by atoms with Crippen molar-refractivity contribution in [2.24, 2.45) is 11.8 Å². The Kier molecular flexibility index (Phi) is 63.7. The monoisotopic (exact) mass is 1350 g/mol. The molecule has 0 radical (unpaired) electrons. The standard InChI is InChI=1S/C73H142O17P2/c1-7-9-11-13-15-17-18-23-27-32-38-44-50-56-71(76)84-62-69(89-72(77)57-51-45-39-33-28-25-22-20-19-21-24-26-30-35-41-47-53-65(3)4)64-88-92(81,82)86-60-67(74)59-85-91(79,80)87-63-68(61-83-70(75)55-49-43-37-16-14-12-10-8-2)90-73(78)58-52-46-40-34-29-31-36-42-48-54-66(5)6/h65-69,74H,7-64H2,1-6H3,(H,79,80)(H,81,82)/t67-,68+,69+/m0/s1. The zero-order valence-electron chi connectivity index (χ0n) is 59.9. The maximum atomic E-state index is 13.1. The highest BCUT2D eigenvalue weighted by atomic mass is 31.2. The number of esters is 4. The summed E-state index contributed by atoms with van der Waals surface area (Å²) in [5.41, 5.74) is 0. The number of hydrogen-bond donors (Lipinski definition) is 3. The van der Waals surface area contributed by atoms with E-state index in [0.29, 0.717) is 25.7 Å². The van der Waals surface area contributed by atoms with E-state index in [-0.39, 0.29) is 25.7 Å². The normalized spacial score (nSPS) is 14.1. The number of aliphatic hydroxyl groups is 1. The molecule has 0 aliphatic carbocycles. The second kappa shape index (κ2) is 65.0. The fourth-order valence-corrected chi connectivity index (χ4v) is 12.7. The predicted octanol–water partition coefficient (Wildman–Crippen LogP) is 21.2. The average molecular weight is 1350 g/mol. The van der Waals surface area contributed by atoms with Gasteiger partial charge < -0.3 is 33.8 Å². The van der Waals surface area contributed by atoms with Crippen LogP contribution in [0.2, 0.25) is 0 Å². The molecule has 2 unspecified atom stereocenters. The van der Waals surface area contributed by atoms with E-state index >= 15 is 0 Å². The van der Waals surface area contributed by atoms with Gasteiger partial charge in [-0.05, 0) is 37.5 Å². The van der Waals surface area contributed by atoms with Crippen LogP contribution in [0.25, 0.3) is 0 Å². The molecule has 17 nitrogen and oxygen atoms in total. The van der Waals surface area contributed by atoms with Crippen LogP contribution in [0, 0.1) is 11.8 Å². The van der Waals surface area contributed by atoms with Gasteiger partial charge in [0.05, 0.1) is 26.4 Å². The molecular formula is C73H142O17P2. The molecule has 0 amide bonds. The topological polar surface area (TPSA) is 237 Å². The van der Waals surface area contributed by atoms with Crippen molar-refractivity contribution in [2.75, 3.05) is 39.6 Å². The van der Waals surface area contributed by atoms with Gasteiger partial charge in [0.15, 0.2) is 12.2 Å².